The van der Waals surface area contributed by atoms with E-state index in [1.165, 1.54) is 6.07 Å². The van der Waals surface area contributed by atoms with Crippen LogP contribution in [0.25, 0.3) is 0 Å². The van der Waals surface area contributed by atoms with Gasteiger partial charge in [-0.15, -0.1) is 0 Å². The van der Waals surface area contributed by atoms with Crippen LogP contribution in [-0.4, -0.2) is 31.3 Å². The standard InChI is InChI=1S/C21H23FN2O2/c1-15-6-8-16(9-7-15)21(26)17-10-12-24(13-11-17)14-20(25)23-19-5-3-2-4-18(19)22/h2-9,17H,10-14H2,1H3,(H,23,25)/p+1. The molecular formula is C21H24FN2O2+. The van der Waals surface area contributed by atoms with Crippen molar-refractivity contribution >= 4 is 17.4 Å². The number of para-hydroxylation sites is 1. The van der Waals surface area contributed by atoms with Gasteiger partial charge in [-0.3, -0.25) is 9.59 Å². The summed E-state index contributed by atoms with van der Waals surface area (Å²) in [4.78, 5) is 25.9. The first kappa shape index (κ1) is 18.3. The van der Waals surface area contributed by atoms with Gasteiger partial charge < -0.3 is 10.2 Å². The molecule has 2 N–H and O–H groups in total. The van der Waals surface area contributed by atoms with E-state index < -0.39 is 5.82 Å². The maximum absolute atomic E-state index is 13.6. The van der Waals surface area contributed by atoms with Gasteiger partial charge in [-0.1, -0.05) is 42.0 Å². The number of rotatable bonds is 5. The molecule has 2 aromatic carbocycles. The third-order valence-corrected chi connectivity index (χ3v) is 4.96. The van der Waals surface area contributed by atoms with Crippen molar-refractivity contribution in [3.05, 3.63) is 65.5 Å². The van der Waals surface area contributed by atoms with Gasteiger partial charge in [0.25, 0.3) is 5.91 Å². The quantitative estimate of drug-likeness (QED) is 0.809. The third-order valence-electron chi connectivity index (χ3n) is 4.96. The van der Waals surface area contributed by atoms with E-state index in [1.54, 1.807) is 18.2 Å². The average molecular weight is 355 g/mol. The van der Waals surface area contributed by atoms with Crippen molar-refractivity contribution in [3.63, 3.8) is 0 Å². The number of hydrogen-bond acceptors (Lipinski definition) is 2. The molecule has 1 aliphatic heterocycles. The van der Waals surface area contributed by atoms with Gasteiger partial charge in [0.1, 0.15) is 5.82 Å². The summed E-state index contributed by atoms with van der Waals surface area (Å²) in [6.07, 6.45) is 1.55. The minimum absolute atomic E-state index is 0.0242. The van der Waals surface area contributed by atoms with Crippen molar-refractivity contribution in [2.45, 2.75) is 19.8 Å². The first-order valence-electron chi connectivity index (χ1n) is 9.02. The number of hydrogen-bond donors (Lipinski definition) is 2. The summed E-state index contributed by atoms with van der Waals surface area (Å²) < 4.78 is 13.6. The zero-order valence-corrected chi connectivity index (χ0v) is 14.9. The molecule has 136 valence electrons. The minimum Gasteiger partial charge on any atom is -0.327 e. The van der Waals surface area contributed by atoms with Crippen LogP contribution in [0.5, 0.6) is 0 Å². The van der Waals surface area contributed by atoms with E-state index in [1.807, 2.05) is 31.2 Å². The van der Waals surface area contributed by atoms with Crippen LogP contribution in [0.2, 0.25) is 0 Å². The van der Waals surface area contributed by atoms with Gasteiger partial charge in [0.05, 0.1) is 18.8 Å². The topological polar surface area (TPSA) is 50.6 Å². The number of amides is 1. The van der Waals surface area contributed by atoms with Crippen LogP contribution in [0.4, 0.5) is 10.1 Å². The molecule has 1 heterocycles. The van der Waals surface area contributed by atoms with Crippen molar-refractivity contribution in [1.82, 2.24) is 0 Å². The highest BCUT2D eigenvalue weighted by atomic mass is 19.1. The summed E-state index contributed by atoms with van der Waals surface area (Å²) in [7, 11) is 0. The number of quaternary nitrogens is 1. The molecule has 1 aliphatic rings. The number of aryl methyl sites for hydroxylation is 1. The fraction of sp³-hybridized carbons (Fsp3) is 0.333. The lowest BCUT2D eigenvalue weighted by Crippen LogP contribution is -3.14. The van der Waals surface area contributed by atoms with E-state index in [0.29, 0.717) is 6.54 Å². The second-order valence-corrected chi connectivity index (χ2v) is 6.96. The maximum atomic E-state index is 13.6. The Balaban J connectivity index is 1.49. The fourth-order valence-corrected chi connectivity index (χ4v) is 3.40. The maximum Gasteiger partial charge on any atom is 0.279 e. The molecule has 0 bridgehead atoms. The number of carbonyl (C=O) groups is 2. The molecule has 0 saturated carbocycles. The molecule has 3 rings (SSSR count). The van der Waals surface area contributed by atoms with Gasteiger partial charge >= 0.3 is 0 Å². The van der Waals surface area contributed by atoms with Crippen molar-refractivity contribution in [2.75, 3.05) is 25.0 Å². The molecule has 1 fully saturated rings. The summed E-state index contributed by atoms with van der Waals surface area (Å²) in [5.41, 5.74) is 2.12. The predicted octanol–water partition coefficient (Wildman–Crippen LogP) is 2.25. The number of halogens is 1. The highest BCUT2D eigenvalue weighted by Gasteiger charge is 2.29. The van der Waals surface area contributed by atoms with Gasteiger partial charge in [0, 0.05) is 24.3 Å². The summed E-state index contributed by atoms with van der Waals surface area (Å²) in [6.45, 7) is 3.84. The largest absolute Gasteiger partial charge is 0.327 e. The van der Waals surface area contributed by atoms with Crippen LogP contribution in [-0.2, 0) is 4.79 Å². The summed E-state index contributed by atoms with van der Waals surface area (Å²) in [5, 5.41) is 2.62. The molecule has 0 aromatic heterocycles. The van der Waals surface area contributed by atoms with Gasteiger partial charge in [0.2, 0.25) is 0 Å². The lowest BCUT2D eigenvalue weighted by atomic mass is 9.88. The van der Waals surface area contributed by atoms with Crippen molar-refractivity contribution in [1.29, 1.82) is 0 Å². The molecule has 26 heavy (non-hydrogen) atoms. The predicted molar refractivity (Wildman–Crippen MR) is 98.8 cm³/mol. The van der Waals surface area contributed by atoms with Crippen LogP contribution >= 0.6 is 0 Å². The van der Waals surface area contributed by atoms with Gasteiger partial charge in [0.15, 0.2) is 12.3 Å². The Morgan fingerprint density at radius 2 is 1.73 bits per heavy atom. The van der Waals surface area contributed by atoms with Gasteiger partial charge in [-0.2, -0.15) is 0 Å². The monoisotopic (exact) mass is 355 g/mol. The Hall–Kier alpha value is -2.53. The number of carbonyl (C=O) groups excluding carboxylic acids is 2. The molecule has 4 nitrogen and oxygen atoms in total. The van der Waals surface area contributed by atoms with E-state index in [2.05, 4.69) is 5.32 Å². The molecular weight excluding hydrogens is 331 g/mol. The lowest BCUT2D eigenvalue weighted by Gasteiger charge is -2.28. The molecule has 1 amide bonds. The molecule has 1 saturated heterocycles. The van der Waals surface area contributed by atoms with Crippen LogP contribution in [0.3, 0.4) is 0 Å². The molecule has 5 heteroatoms. The lowest BCUT2D eigenvalue weighted by molar-refractivity contribution is -0.897. The van der Waals surface area contributed by atoms with Crippen molar-refractivity contribution in [3.8, 4) is 0 Å². The normalized spacial score (nSPS) is 19.8. The number of anilines is 1. The Kier molecular flexibility index (Phi) is 5.78. The Bertz CT molecular complexity index is 781. The molecule has 2 aromatic rings. The number of likely N-dealkylation sites (tertiary alicyclic amines) is 1. The van der Waals surface area contributed by atoms with Crippen LogP contribution < -0.4 is 10.2 Å². The van der Waals surface area contributed by atoms with Crippen molar-refractivity contribution < 1.29 is 18.9 Å². The highest BCUT2D eigenvalue weighted by molar-refractivity contribution is 5.98. The van der Waals surface area contributed by atoms with Gasteiger partial charge in [-0.05, 0) is 19.1 Å². The van der Waals surface area contributed by atoms with E-state index in [4.69, 9.17) is 0 Å². The minimum atomic E-state index is -0.432. The zero-order valence-electron chi connectivity index (χ0n) is 14.9. The molecule has 0 atom stereocenters. The second kappa shape index (κ2) is 8.23. The Morgan fingerprint density at radius 3 is 2.38 bits per heavy atom. The fourth-order valence-electron chi connectivity index (χ4n) is 3.40. The molecule has 0 spiro atoms. The Labute approximate surface area is 153 Å². The number of benzene rings is 2. The summed E-state index contributed by atoms with van der Waals surface area (Å²) >= 11 is 0. The van der Waals surface area contributed by atoms with Crippen molar-refractivity contribution in [2.24, 2.45) is 5.92 Å². The van der Waals surface area contributed by atoms with E-state index in [0.717, 1.165) is 42.0 Å². The average Bonchev–Trinajstić information content (AvgIpc) is 2.64. The van der Waals surface area contributed by atoms with Gasteiger partial charge in [-0.25, -0.2) is 4.39 Å². The van der Waals surface area contributed by atoms with Crippen LogP contribution in [0, 0.1) is 18.7 Å². The van der Waals surface area contributed by atoms with E-state index in [-0.39, 0.29) is 23.3 Å². The molecule has 0 aliphatic carbocycles. The zero-order chi connectivity index (χ0) is 18.5. The number of ketones is 1. The second-order valence-electron chi connectivity index (χ2n) is 6.96. The summed E-state index contributed by atoms with van der Waals surface area (Å²) in [5.74, 6) is -0.414. The number of Topliss-reactive ketones (excluding diaryl/α,β-unsaturated/α-hetero) is 1. The van der Waals surface area contributed by atoms with Crippen LogP contribution in [0.1, 0.15) is 28.8 Å². The summed E-state index contributed by atoms with van der Waals surface area (Å²) in [6, 6.07) is 13.8. The van der Waals surface area contributed by atoms with E-state index in [9.17, 15) is 14.0 Å². The third kappa shape index (κ3) is 4.55. The van der Waals surface area contributed by atoms with Crippen LogP contribution in [0.15, 0.2) is 48.5 Å². The first-order chi connectivity index (χ1) is 12.5. The Morgan fingerprint density at radius 1 is 1.08 bits per heavy atom. The number of piperidine rings is 1. The van der Waals surface area contributed by atoms with E-state index >= 15 is 0 Å². The smallest absolute Gasteiger partial charge is 0.279 e. The molecule has 0 radical (unpaired) electrons. The first-order valence-corrected chi connectivity index (χ1v) is 9.02. The molecule has 0 unspecified atom stereocenters. The highest BCUT2D eigenvalue weighted by Crippen LogP contribution is 2.17. The number of nitrogens with one attached hydrogen (secondary N) is 2. The SMILES string of the molecule is Cc1ccc(C(=O)C2CC[NH+](CC(=O)Nc3ccccc3F)CC2)cc1.